The van der Waals surface area contributed by atoms with Crippen LogP contribution >= 0.6 is 0 Å². The van der Waals surface area contributed by atoms with Crippen molar-refractivity contribution in [2.24, 2.45) is 17.8 Å². The fourth-order valence-electron chi connectivity index (χ4n) is 3.69. The minimum absolute atomic E-state index is 0.0184. The Labute approximate surface area is 120 Å². The molecule has 5 atom stereocenters. The maximum absolute atomic E-state index is 11.7. The van der Waals surface area contributed by atoms with Crippen molar-refractivity contribution in [3.8, 4) is 0 Å². The predicted octanol–water partition coefficient (Wildman–Crippen LogP) is 1.82. The number of rotatable bonds is 2. The van der Waals surface area contributed by atoms with Gasteiger partial charge in [0.25, 0.3) is 0 Å². The van der Waals surface area contributed by atoms with Gasteiger partial charge in [-0.1, -0.05) is 12.7 Å². The lowest BCUT2D eigenvalue weighted by Crippen LogP contribution is -2.50. The summed E-state index contributed by atoms with van der Waals surface area (Å²) in [6.07, 6.45) is 3.35. The van der Waals surface area contributed by atoms with Crippen molar-refractivity contribution < 1.29 is 19.7 Å². The smallest absolute Gasteiger partial charge is 0.333 e. The summed E-state index contributed by atoms with van der Waals surface area (Å²) >= 11 is 0. The van der Waals surface area contributed by atoms with E-state index < -0.39 is 11.7 Å². The van der Waals surface area contributed by atoms with Crippen molar-refractivity contribution in [3.63, 3.8) is 0 Å². The molecule has 0 spiro atoms. The first-order chi connectivity index (χ1) is 9.27. The number of aliphatic hydroxyl groups excluding tert-OH is 1. The molecule has 112 valence electrons. The molecule has 0 aromatic rings. The molecule has 2 rings (SSSR count). The number of carbonyl (C=O) groups excluding carboxylic acids is 1. The number of methoxy groups -OCH3 is 1. The lowest BCUT2D eigenvalue weighted by atomic mass is 9.59. The second kappa shape index (κ2) is 5.34. The molecule has 0 saturated heterocycles. The van der Waals surface area contributed by atoms with Gasteiger partial charge in [0.05, 0.1) is 18.8 Å². The first kappa shape index (κ1) is 15.3. The van der Waals surface area contributed by atoms with Crippen molar-refractivity contribution in [3.05, 3.63) is 23.8 Å². The molecule has 4 heteroatoms. The summed E-state index contributed by atoms with van der Waals surface area (Å²) in [6.45, 7) is 7.60. The SMILES string of the molecule is C=C(C(=O)OC)[C@@H]1CC[C@@](C)(O)[C@@H]2C[C@H](O)C(C)=C[C@H]21. The van der Waals surface area contributed by atoms with Crippen LogP contribution in [-0.2, 0) is 9.53 Å². The molecule has 4 nitrogen and oxygen atoms in total. The molecule has 0 unspecified atom stereocenters. The molecule has 2 aliphatic carbocycles. The summed E-state index contributed by atoms with van der Waals surface area (Å²) in [4.78, 5) is 11.7. The van der Waals surface area contributed by atoms with E-state index in [0.717, 1.165) is 5.57 Å². The van der Waals surface area contributed by atoms with Gasteiger partial charge in [0.1, 0.15) is 0 Å². The molecule has 20 heavy (non-hydrogen) atoms. The second-order valence-electron chi connectivity index (χ2n) is 6.37. The monoisotopic (exact) mass is 280 g/mol. The van der Waals surface area contributed by atoms with Crippen molar-refractivity contribution in [1.82, 2.24) is 0 Å². The van der Waals surface area contributed by atoms with Gasteiger partial charge in [0.2, 0.25) is 0 Å². The molecule has 1 saturated carbocycles. The molecule has 2 N–H and O–H groups in total. The normalized spacial score (nSPS) is 40.5. The van der Waals surface area contributed by atoms with E-state index in [9.17, 15) is 15.0 Å². The lowest BCUT2D eigenvalue weighted by Gasteiger charge is -2.49. The van der Waals surface area contributed by atoms with Crippen LogP contribution in [0.5, 0.6) is 0 Å². The van der Waals surface area contributed by atoms with Crippen LogP contribution in [0.1, 0.15) is 33.1 Å². The first-order valence-corrected chi connectivity index (χ1v) is 7.13. The average Bonchev–Trinajstić information content (AvgIpc) is 2.39. The number of esters is 1. The van der Waals surface area contributed by atoms with Crippen molar-refractivity contribution in [1.29, 1.82) is 0 Å². The summed E-state index contributed by atoms with van der Waals surface area (Å²) in [6, 6.07) is 0. The topological polar surface area (TPSA) is 66.8 Å². The Hall–Kier alpha value is -1.13. The van der Waals surface area contributed by atoms with E-state index >= 15 is 0 Å². The summed E-state index contributed by atoms with van der Waals surface area (Å²) < 4.78 is 4.77. The van der Waals surface area contributed by atoms with Crippen LogP contribution in [-0.4, -0.2) is 35.0 Å². The van der Waals surface area contributed by atoms with Crippen LogP contribution in [0, 0.1) is 17.8 Å². The number of aliphatic hydroxyl groups is 2. The van der Waals surface area contributed by atoms with Gasteiger partial charge in [-0.15, -0.1) is 0 Å². The fourth-order valence-corrected chi connectivity index (χ4v) is 3.69. The number of ether oxygens (including phenoxy) is 1. The highest BCUT2D eigenvalue weighted by atomic mass is 16.5. The zero-order valence-corrected chi connectivity index (χ0v) is 12.4. The van der Waals surface area contributed by atoms with E-state index in [0.29, 0.717) is 24.8 Å². The maximum atomic E-state index is 11.7. The number of fused-ring (bicyclic) bond motifs is 1. The number of allylic oxidation sites excluding steroid dienone is 1. The third-order valence-corrected chi connectivity index (χ3v) is 5.04. The molecule has 1 fully saturated rings. The van der Waals surface area contributed by atoms with E-state index in [4.69, 9.17) is 4.74 Å². The first-order valence-electron chi connectivity index (χ1n) is 7.13. The van der Waals surface area contributed by atoms with Crippen molar-refractivity contribution >= 4 is 5.97 Å². The van der Waals surface area contributed by atoms with Gasteiger partial charge in [0.15, 0.2) is 0 Å². The van der Waals surface area contributed by atoms with Gasteiger partial charge < -0.3 is 14.9 Å². The predicted molar refractivity (Wildman–Crippen MR) is 75.9 cm³/mol. The van der Waals surface area contributed by atoms with Crippen LogP contribution in [0.25, 0.3) is 0 Å². The summed E-state index contributed by atoms with van der Waals surface area (Å²) in [5, 5.41) is 20.6. The Morgan fingerprint density at radius 3 is 2.80 bits per heavy atom. The second-order valence-corrected chi connectivity index (χ2v) is 6.37. The van der Waals surface area contributed by atoms with E-state index in [-0.39, 0.29) is 23.7 Å². The summed E-state index contributed by atoms with van der Waals surface area (Å²) in [5.74, 6) is -0.419. The molecule has 0 amide bonds. The molecule has 0 bridgehead atoms. The standard InChI is InChI=1S/C16H24O4/c1-9-7-12-11(10(2)15(18)20-4)5-6-16(3,19)13(12)8-14(9)17/h7,11-14,17,19H,2,5-6,8H2,1,3-4H3/t11-,12-,13+,14-,16+/m0/s1. The molecule has 2 aliphatic rings. The minimum atomic E-state index is -0.810. The van der Waals surface area contributed by atoms with Crippen LogP contribution < -0.4 is 0 Å². The van der Waals surface area contributed by atoms with Gasteiger partial charge in [-0.3, -0.25) is 0 Å². The minimum Gasteiger partial charge on any atom is -0.466 e. The summed E-state index contributed by atoms with van der Waals surface area (Å²) in [5.41, 5.74) is 0.570. The molecular formula is C16H24O4. The highest BCUT2D eigenvalue weighted by molar-refractivity contribution is 5.88. The number of hydrogen-bond donors (Lipinski definition) is 2. The van der Waals surface area contributed by atoms with Crippen molar-refractivity contribution in [2.45, 2.75) is 44.8 Å². The number of hydrogen-bond acceptors (Lipinski definition) is 4. The Balaban J connectivity index is 2.33. The molecule has 0 aromatic carbocycles. The van der Waals surface area contributed by atoms with E-state index in [1.807, 2.05) is 19.9 Å². The summed E-state index contributed by atoms with van der Waals surface area (Å²) in [7, 11) is 1.36. The van der Waals surface area contributed by atoms with Crippen LogP contribution in [0.2, 0.25) is 0 Å². The molecule has 0 aliphatic heterocycles. The fraction of sp³-hybridized carbons (Fsp3) is 0.688. The van der Waals surface area contributed by atoms with E-state index in [1.165, 1.54) is 7.11 Å². The van der Waals surface area contributed by atoms with E-state index in [1.54, 1.807) is 0 Å². The van der Waals surface area contributed by atoms with Crippen LogP contribution in [0.3, 0.4) is 0 Å². The van der Waals surface area contributed by atoms with Gasteiger partial charge in [0, 0.05) is 5.57 Å². The van der Waals surface area contributed by atoms with Gasteiger partial charge in [-0.05, 0) is 56.4 Å². The highest BCUT2D eigenvalue weighted by Crippen LogP contribution is 2.49. The zero-order chi connectivity index (χ0) is 15.1. The quantitative estimate of drug-likeness (QED) is 0.460. The third kappa shape index (κ3) is 2.54. The Morgan fingerprint density at radius 2 is 2.20 bits per heavy atom. The Morgan fingerprint density at radius 1 is 1.55 bits per heavy atom. The molecule has 0 heterocycles. The van der Waals surface area contributed by atoms with Gasteiger partial charge in [-0.2, -0.15) is 0 Å². The Kier molecular flexibility index (Phi) is 4.07. The molecule has 0 radical (unpaired) electrons. The van der Waals surface area contributed by atoms with Crippen LogP contribution in [0.15, 0.2) is 23.8 Å². The van der Waals surface area contributed by atoms with Crippen molar-refractivity contribution in [2.75, 3.05) is 7.11 Å². The third-order valence-electron chi connectivity index (χ3n) is 5.04. The maximum Gasteiger partial charge on any atom is 0.333 e. The number of carbonyl (C=O) groups is 1. The van der Waals surface area contributed by atoms with Gasteiger partial charge in [-0.25, -0.2) is 4.79 Å². The highest BCUT2D eigenvalue weighted by Gasteiger charge is 2.48. The van der Waals surface area contributed by atoms with E-state index in [2.05, 4.69) is 6.58 Å². The Bertz CT molecular complexity index is 449. The largest absolute Gasteiger partial charge is 0.466 e. The molecule has 0 aromatic heterocycles. The zero-order valence-electron chi connectivity index (χ0n) is 12.4. The lowest BCUT2D eigenvalue weighted by molar-refractivity contribution is -0.138. The van der Waals surface area contributed by atoms with Gasteiger partial charge >= 0.3 is 5.97 Å². The van der Waals surface area contributed by atoms with Crippen LogP contribution in [0.4, 0.5) is 0 Å². The molecular weight excluding hydrogens is 256 g/mol. The average molecular weight is 280 g/mol.